The van der Waals surface area contributed by atoms with Gasteiger partial charge in [-0.2, -0.15) is 0 Å². The second kappa shape index (κ2) is 2.58. The van der Waals surface area contributed by atoms with Crippen molar-refractivity contribution in [2.75, 3.05) is 0 Å². The molecule has 0 aromatic rings. The molecule has 0 heterocycles. The van der Waals surface area contributed by atoms with E-state index in [2.05, 4.69) is 17.9 Å². The normalized spacial score (nSPS) is 8.75. The molecule has 0 nitrogen and oxygen atoms in total. The van der Waals surface area contributed by atoms with E-state index < -0.39 is 0 Å². The van der Waals surface area contributed by atoms with Gasteiger partial charge in [-0.1, -0.05) is 0 Å². The lowest BCUT2D eigenvalue weighted by Crippen LogP contribution is -1.24. The fourth-order valence-electron chi connectivity index (χ4n) is 0. The zero-order chi connectivity index (χ0) is 3.58. The van der Waals surface area contributed by atoms with Gasteiger partial charge >= 0.3 is 0 Å². The number of rotatable bonds is 0. The Hall–Kier alpha value is 1.35. The van der Waals surface area contributed by atoms with Crippen LogP contribution >= 0.6 is 25.0 Å². The van der Waals surface area contributed by atoms with Crippen LogP contribution in [-0.2, 0) is 0 Å². The van der Waals surface area contributed by atoms with Crippen LogP contribution < -0.4 is 0 Å². The third-order valence-electron chi connectivity index (χ3n) is 0. The molecule has 0 fully saturated rings. The van der Waals surface area contributed by atoms with E-state index in [9.17, 15) is 0 Å². The minimum absolute atomic E-state index is 0.287. The quantitative estimate of drug-likeness (QED) is 0.322. The van der Waals surface area contributed by atoms with Gasteiger partial charge in [0.05, 0.1) is 0 Å². The molecule has 2 atom stereocenters. The highest BCUT2D eigenvalue weighted by molar-refractivity contribution is 8.53. The van der Waals surface area contributed by atoms with E-state index in [1.807, 2.05) is 0 Å². The van der Waals surface area contributed by atoms with E-state index in [-0.39, 0.29) is 7.18 Å². The maximum atomic E-state index is 5.10. The average Bonchev–Trinajstić information content (AvgIpc) is 0.811. The third-order valence-corrected chi connectivity index (χ3v) is 0. The number of hydrogen-bond acceptors (Lipinski definition) is 0. The molecule has 0 rings (SSSR count). The van der Waals surface area contributed by atoms with Crippen molar-refractivity contribution in [3.8, 4) is 0 Å². The van der Waals surface area contributed by atoms with E-state index in [4.69, 9.17) is 7.57 Å². The van der Waals surface area contributed by atoms with Crippen molar-refractivity contribution in [2.45, 2.75) is 0 Å². The van der Waals surface area contributed by atoms with Crippen LogP contribution in [0.3, 0.4) is 0 Å². The summed E-state index contributed by atoms with van der Waals surface area (Å²) in [5.41, 5.74) is 0. The van der Waals surface area contributed by atoms with Crippen LogP contribution in [0.1, 0.15) is 0 Å². The Labute approximate surface area is 33.4 Å². The van der Waals surface area contributed by atoms with Gasteiger partial charge in [-0.15, -0.1) is 25.0 Å². The Kier molecular flexibility index (Phi) is 3.46. The van der Waals surface area contributed by atoms with Gasteiger partial charge in [0.25, 0.3) is 0 Å². The van der Waals surface area contributed by atoms with Gasteiger partial charge in [-0.3, -0.25) is 0 Å². The van der Waals surface area contributed by atoms with E-state index in [0.717, 1.165) is 0 Å². The lowest BCUT2D eigenvalue weighted by Gasteiger charge is -1.81. The highest BCUT2D eigenvalue weighted by Gasteiger charge is 1.66. The first-order valence-electron chi connectivity index (χ1n) is 0.775. The molecule has 0 aliphatic carbocycles. The van der Waals surface area contributed by atoms with Crippen LogP contribution in [0.2, 0.25) is 0 Å². The molecule has 0 saturated heterocycles. The summed E-state index contributed by atoms with van der Waals surface area (Å²) in [5.74, 6) is 0. The zero-order valence-electron chi connectivity index (χ0n) is 2.18. The summed E-state index contributed by atoms with van der Waals surface area (Å²) < 4.78 is 0. The van der Waals surface area contributed by atoms with Crippen molar-refractivity contribution in [1.29, 1.82) is 0 Å². The van der Waals surface area contributed by atoms with Gasteiger partial charge in [0.2, 0.25) is 0 Å². The molecule has 4 heteroatoms. The minimum atomic E-state index is -0.287. The van der Waals surface area contributed by atoms with Crippen molar-refractivity contribution in [3.05, 3.63) is 0 Å². The van der Waals surface area contributed by atoms with Gasteiger partial charge in [0.1, 0.15) is 7.57 Å². The molecule has 0 amide bonds. The van der Waals surface area contributed by atoms with Crippen LogP contribution in [0.5, 0.6) is 0 Å². The Morgan fingerprint density at radius 1 is 1.50 bits per heavy atom. The summed E-state index contributed by atoms with van der Waals surface area (Å²) in [6.07, 6.45) is 0. The minimum Gasteiger partial charge on any atom is -0.120 e. The van der Waals surface area contributed by atoms with E-state index >= 15 is 0 Å². The van der Waals surface area contributed by atoms with Gasteiger partial charge in [-0.05, 0) is 0 Å². The molecule has 0 saturated carbocycles. The molecule has 0 N–H and O–H groups in total. The van der Waals surface area contributed by atoms with Crippen LogP contribution in [0, 0.1) is 0 Å². The molecular formula is H4BP3. The molecule has 0 aromatic carbocycles. The molecule has 2 radical (unpaired) electrons. The SMILES string of the molecule is [B]P(P)P. The molecular weight excluding hydrogens is 104 g/mol. The van der Waals surface area contributed by atoms with Crippen molar-refractivity contribution in [3.63, 3.8) is 0 Å². The highest BCUT2D eigenvalue weighted by Crippen LogP contribution is 2.46. The van der Waals surface area contributed by atoms with E-state index in [0.29, 0.717) is 0 Å². The maximum Gasteiger partial charge on any atom is 0.120 e. The molecule has 22 valence electrons. The first-order valence-corrected chi connectivity index (χ1v) is 5.42. The predicted octanol–water partition coefficient (Wildman–Crippen LogP) is 1.13. The Morgan fingerprint density at radius 3 is 1.50 bits per heavy atom. The summed E-state index contributed by atoms with van der Waals surface area (Å²) >= 11 is 0. The summed E-state index contributed by atoms with van der Waals surface area (Å²) in [4.78, 5) is 0. The van der Waals surface area contributed by atoms with Crippen LogP contribution in [0.15, 0.2) is 0 Å². The summed E-state index contributed by atoms with van der Waals surface area (Å²) in [6.45, 7) is 0. The van der Waals surface area contributed by atoms with Crippen LogP contribution in [0.25, 0.3) is 0 Å². The van der Waals surface area contributed by atoms with E-state index in [1.54, 1.807) is 0 Å². The van der Waals surface area contributed by atoms with Crippen LogP contribution in [0.4, 0.5) is 0 Å². The lowest BCUT2D eigenvalue weighted by molar-refractivity contribution is 4.85. The second-order valence-corrected chi connectivity index (χ2v) is 6.71. The smallest absolute Gasteiger partial charge is 0.120 e. The largest absolute Gasteiger partial charge is 0.120 e. The molecule has 2 unspecified atom stereocenters. The Balaban J connectivity index is 2.32. The highest BCUT2D eigenvalue weighted by atomic mass is 32.4. The van der Waals surface area contributed by atoms with Crippen molar-refractivity contribution < 1.29 is 0 Å². The monoisotopic (exact) mass is 108 g/mol. The standard InChI is InChI=1S/BH4P3/c1-4(2)3/h2-3H2. The van der Waals surface area contributed by atoms with Crippen LogP contribution in [-0.4, -0.2) is 7.57 Å². The fourth-order valence-corrected chi connectivity index (χ4v) is 0. The molecule has 4 heavy (non-hydrogen) atoms. The molecule has 0 aliphatic rings. The zero-order valence-corrected chi connectivity index (χ0v) is 5.38. The molecule has 0 aromatic heterocycles. The number of hydrogen-bond donors (Lipinski definition) is 0. The average molecular weight is 108 g/mol. The summed E-state index contributed by atoms with van der Waals surface area (Å²) in [6, 6.07) is 0. The summed E-state index contributed by atoms with van der Waals surface area (Å²) in [7, 11) is 9.74. The van der Waals surface area contributed by atoms with Gasteiger partial charge < -0.3 is 0 Å². The van der Waals surface area contributed by atoms with Crippen molar-refractivity contribution in [2.24, 2.45) is 0 Å². The topological polar surface area (TPSA) is 0 Å². The van der Waals surface area contributed by atoms with Crippen molar-refractivity contribution in [1.82, 2.24) is 0 Å². The summed E-state index contributed by atoms with van der Waals surface area (Å²) in [5, 5.41) is 0. The second-order valence-electron chi connectivity index (χ2n) is 0.447. The Bertz CT molecular complexity index is 8.00. The van der Waals surface area contributed by atoms with Gasteiger partial charge in [0, 0.05) is 0 Å². The molecule has 0 bridgehead atoms. The predicted molar refractivity (Wildman–Crippen MR) is 32.1 cm³/mol. The lowest BCUT2D eigenvalue weighted by atomic mass is 10.8. The first-order chi connectivity index (χ1) is 1.73. The maximum absolute atomic E-state index is 5.10. The Morgan fingerprint density at radius 2 is 1.50 bits per heavy atom. The van der Waals surface area contributed by atoms with E-state index in [1.165, 1.54) is 0 Å². The molecule has 0 aliphatic heterocycles. The van der Waals surface area contributed by atoms with Gasteiger partial charge in [0.15, 0.2) is 0 Å². The fraction of sp³-hybridized carbons (Fsp3) is 0. The van der Waals surface area contributed by atoms with Crippen molar-refractivity contribution >= 4 is 32.6 Å². The third kappa shape index (κ3) is 10.1. The van der Waals surface area contributed by atoms with Gasteiger partial charge in [-0.25, -0.2) is 0 Å². The first kappa shape index (κ1) is 5.35. The molecule has 0 spiro atoms.